The number of carbonyl (C=O) groups is 1. The molecule has 1 N–H and O–H groups in total. The molecule has 2 aromatic carbocycles. The number of methoxy groups -OCH3 is 1. The smallest absolute Gasteiger partial charge is 0.309 e. The third-order valence-electron chi connectivity index (χ3n) is 3.75. The van der Waals surface area contributed by atoms with Crippen LogP contribution in [0.3, 0.4) is 0 Å². The van der Waals surface area contributed by atoms with Crippen LogP contribution in [0.15, 0.2) is 72.8 Å². The Labute approximate surface area is 140 Å². The molecule has 0 fully saturated rings. The van der Waals surface area contributed by atoms with Crippen LogP contribution in [0.2, 0.25) is 0 Å². The van der Waals surface area contributed by atoms with Gasteiger partial charge in [-0.15, -0.1) is 0 Å². The molecule has 2 aromatic rings. The molecule has 1 aliphatic rings. The number of hydrogen-bond acceptors (Lipinski definition) is 4. The normalized spacial score (nSPS) is 15.8. The molecule has 122 valence electrons. The van der Waals surface area contributed by atoms with Crippen LogP contribution in [-0.2, 0) is 14.3 Å². The average molecular weight is 322 g/mol. The van der Waals surface area contributed by atoms with Gasteiger partial charge in [0.2, 0.25) is 0 Å². The van der Waals surface area contributed by atoms with Gasteiger partial charge in [0.15, 0.2) is 0 Å². The van der Waals surface area contributed by atoms with Crippen LogP contribution in [0.1, 0.15) is 17.5 Å². The summed E-state index contributed by atoms with van der Waals surface area (Å²) in [4.78, 5) is 11.7. The third kappa shape index (κ3) is 3.55. The number of benzene rings is 2. The summed E-state index contributed by atoms with van der Waals surface area (Å²) in [6.07, 6.45) is 2.91. The summed E-state index contributed by atoms with van der Waals surface area (Å²) in [5.74, 6) is 0.512. The van der Waals surface area contributed by atoms with E-state index >= 15 is 0 Å². The molecule has 0 unspecified atom stereocenters. The fourth-order valence-corrected chi connectivity index (χ4v) is 2.57. The number of esters is 1. The van der Waals surface area contributed by atoms with Gasteiger partial charge in [0.1, 0.15) is 17.1 Å². The number of rotatable bonds is 4. The van der Waals surface area contributed by atoms with Crippen molar-refractivity contribution in [1.29, 1.82) is 0 Å². The molecule has 0 saturated heterocycles. The van der Waals surface area contributed by atoms with Crippen LogP contribution in [0, 0.1) is 0 Å². The molecule has 4 nitrogen and oxygen atoms in total. The summed E-state index contributed by atoms with van der Waals surface area (Å²) in [5.41, 5.74) is 0.173. The second-order valence-electron chi connectivity index (χ2n) is 5.60. The van der Waals surface area contributed by atoms with Gasteiger partial charge in [-0.2, -0.15) is 0 Å². The zero-order valence-electron chi connectivity index (χ0n) is 13.3. The van der Waals surface area contributed by atoms with Gasteiger partial charge in [-0.1, -0.05) is 60.7 Å². The molecular weight excluding hydrogens is 304 g/mol. The van der Waals surface area contributed by atoms with E-state index in [4.69, 9.17) is 9.47 Å². The van der Waals surface area contributed by atoms with Crippen molar-refractivity contribution in [3.8, 4) is 0 Å². The third-order valence-corrected chi connectivity index (χ3v) is 3.75. The molecule has 0 saturated carbocycles. The van der Waals surface area contributed by atoms with Gasteiger partial charge in [-0.05, 0) is 12.2 Å². The minimum atomic E-state index is -1.47. The zero-order valence-corrected chi connectivity index (χ0v) is 13.3. The minimum Gasteiger partial charge on any atom is -0.469 e. The summed E-state index contributed by atoms with van der Waals surface area (Å²) in [6, 6.07) is 18.9. The predicted molar refractivity (Wildman–Crippen MR) is 91.5 cm³/mol. The van der Waals surface area contributed by atoms with Gasteiger partial charge >= 0.3 is 5.97 Å². The topological polar surface area (TPSA) is 55.8 Å². The van der Waals surface area contributed by atoms with Gasteiger partial charge in [-0.25, -0.2) is 0 Å². The predicted octanol–water partition coefficient (Wildman–Crippen LogP) is 3.39. The maximum Gasteiger partial charge on any atom is 0.309 e. The van der Waals surface area contributed by atoms with Gasteiger partial charge in [0.05, 0.1) is 13.5 Å². The molecule has 0 aromatic heterocycles. The maximum absolute atomic E-state index is 11.7. The Bertz CT molecular complexity index is 720. The van der Waals surface area contributed by atoms with Gasteiger partial charge in [-0.3, -0.25) is 4.79 Å². The molecule has 0 bridgehead atoms. The Morgan fingerprint density at radius 1 is 0.958 bits per heavy atom. The lowest BCUT2D eigenvalue weighted by Crippen LogP contribution is -2.30. The molecule has 1 heterocycles. The lowest BCUT2D eigenvalue weighted by molar-refractivity contribution is -0.143. The first-order valence-electron chi connectivity index (χ1n) is 7.63. The largest absolute Gasteiger partial charge is 0.469 e. The van der Waals surface area contributed by atoms with E-state index in [1.165, 1.54) is 7.11 Å². The number of ether oxygens (including phenoxy) is 2. The molecule has 0 aliphatic carbocycles. The van der Waals surface area contributed by atoms with E-state index in [1.54, 1.807) is 12.2 Å². The van der Waals surface area contributed by atoms with Gasteiger partial charge in [0.25, 0.3) is 0 Å². The monoisotopic (exact) mass is 322 g/mol. The van der Waals surface area contributed by atoms with Crippen LogP contribution in [0.4, 0.5) is 0 Å². The number of hydrogen-bond donors (Lipinski definition) is 1. The first kappa shape index (κ1) is 16.0. The molecule has 0 spiro atoms. The summed E-state index contributed by atoms with van der Waals surface area (Å²) in [7, 11) is 1.30. The summed E-state index contributed by atoms with van der Waals surface area (Å²) >= 11 is 0. The molecule has 3 rings (SSSR count). The lowest BCUT2D eigenvalue weighted by Gasteiger charge is -2.28. The minimum absolute atomic E-state index is 0.181. The van der Waals surface area contributed by atoms with E-state index in [1.807, 2.05) is 60.7 Å². The van der Waals surface area contributed by atoms with Crippen molar-refractivity contribution >= 4 is 17.5 Å². The Balaban J connectivity index is 2.02. The van der Waals surface area contributed by atoms with E-state index in [0.29, 0.717) is 11.5 Å². The second-order valence-corrected chi connectivity index (χ2v) is 5.60. The van der Waals surface area contributed by atoms with Crippen molar-refractivity contribution in [1.82, 2.24) is 0 Å². The van der Waals surface area contributed by atoms with E-state index in [0.717, 1.165) is 11.1 Å². The first-order chi connectivity index (χ1) is 11.6. The lowest BCUT2D eigenvalue weighted by atomic mass is 9.93. The van der Waals surface area contributed by atoms with Gasteiger partial charge < -0.3 is 14.6 Å². The maximum atomic E-state index is 11.7. The van der Waals surface area contributed by atoms with Crippen LogP contribution >= 0.6 is 0 Å². The Kier molecular flexibility index (Phi) is 4.49. The fraction of sp³-hybridized carbons (Fsp3) is 0.150. The summed E-state index contributed by atoms with van der Waals surface area (Å²) in [6.45, 7) is 0. The van der Waals surface area contributed by atoms with E-state index in [-0.39, 0.29) is 6.42 Å². The quantitative estimate of drug-likeness (QED) is 0.877. The molecule has 24 heavy (non-hydrogen) atoms. The Hall–Kier alpha value is -2.85. The highest BCUT2D eigenvalue weighted by Gasteiger charge is 2.32. The highest BCUT2D eigenvalue weighted by Crippen LogP contribution is 2.35. The van der Waals surface area contributed by atoms with E-state index in [9.17, 15) is 9.90 Å². The number of carbonyl (C=O) groups excluding carboxylic acids is 1. The molecule has 1 aliphatic heterocycles. The zero-order chi connectivity index (χ0) is 17.0. The number of aliphatic hydroxyl groups is 1. The molecule has 0 radical (unpaired) electrons. The van der Waals surface area contributed by atoms with Crippen molar-refractivity contribution in [2.24, 2.45) is 0 Å². The summed E-state index contributed by atoms with van der Waals surface area (Å²) < 4.78 is 10.7. The standard InChI is InChI=1S/C20H18O4/c1-23-19(21)14-20(22)12-17(15-8-4-2-5-9-15)24-18(13-20)16-10-6-3-7-11-16/h2-13,22H,14H2,1H3. The van der Waals surface area contributed by atoms with Crippen LogP contribution in [-0.4, -0.2) is 23.8 Å². The van der Waals surface area contributed by atoms with Crippen molar-refractivity contribution in [3.05, 3.63) is 83.9 Å². The molecule has 4 heteroatoms. The molecule has 0 amide bonds. The van der Waals surface area contributed by atoms with Crippen LogP contribution in [0.5, 0.6) is 0 Å². The van der Waals surface area contributed by atoms with Crippen LogP contribution < -0.4 is 0 Å². The average Bonchev–Trinajstić information content (AvgIpc) is 2.62. The Morgan fingerprint density at radius 2 is 1.42 bits per heavy atom. The van der Waals surface area contributed by atoms with Crippen molar-refractivity contribution in [2.45, 2.75) is 12.0 Å². The fourth-order valence-electron chi connectivity index (χ4n) is 2.57. The first-order valence-corrected chi connectivity index (χ1v) is 7.63. The molecule has 0 atom stereocenters. The van der Waals surface area contributed by atoms with Crippen molar-refractivity contribution in [2.75, 3.05) is 7.11 Å². The summed E-state index contributed by atoms with van der Waals surface area (Å²) in [5, 5.41) is 10.9. The highest BCUT2D eigenvalue weighted by atomic mass is 16.5. The van der Waals surface area contributed by atoms with Crippen molar-refractivity contribution < 1.29 is 19.4 Å². The second kappa shape index (κ2) is 6.72. The van der Waals surface area contributed by atoms with Crippen molar-refractivity contribution in [3.63, 3.8) is 0 Å². The highest BCUT2D eigenvalue weighted by molar-refractivity contribution is 5.78. The van der Waals surface area contributed by atoms with E-state index < -0.39 is 11.6 Å². The van der Waals surface area contributed by atoms with Gasteiger partial charge in [0, 0.05) is 11.1 Å². The van der Waals surface area contributed by atoms with Crippen LogP contribution in [0.25, 0.3) is 11.5 Å². The van der Waals surface area contributed by atoms with E-state index in [2.05, 4.69) is 0 Å². The Morgan fingerprint density at radius 3 is 1.83 bits per heavy atom. The SMILES string of the molecule is COC(=O)CC1(O)C=C(c2ccccc2)OC(c2ccccc2)=C1. The molecular formula is C20H18O4.